The van der Waals surface area contributed by atoms with Crippen LogP contribution in [0.5, 0.6) is 0 Å². The summed E-state index contributed by atoms with van der Waals surface area (Å²) in [4.78, 5) is 23.2. The number of nitro groups is 1. The lowest BCUT2D eigenvalue weighted by molar-refractivity contribution is -0.384. The first-order chi connectivity index (χ1) is 18.8. The minimum Gasteiger partial charge on any atom is -0.461 e. The molecule has 0 amide bonds. The van der Waals surface area contributed by atoms with Crippen LogP contribution in [0.3, 0.4) is 0 Å². The quantitative estimate of drug-likeness (QED) is 0.197. The number of thioether (sulfide) groups is 1. The molecule has 10 heteroatoms. The van der Waals surface area contributed by atoms with E-state index >= 15 is 0 Å². The van der Waals surface area contributed by atoms with Crippen molar-refractivity contribution in [3.63, 3.8) is 0 Å². The molecule has 0 fully saturated rings. The van der Waals surface area contributed by atoms with E-state index in [-0.39, 0.29) is 23.0 Å². The first kappa shape index (κ1) is 26.2. The molecule has 0 N–H and O–H groups in total. The van der Waals surface area contributed by atoms with E-state index in [4.69, 9.17) is 9.84 Å². The Morgan fingerprint density at radius 3 is 2.36 bits per heavy atom. The third kappa shape index (κ3) is 4.90. The van der Waals surface area contributed by atoms with Gasteiger partial charge in [0.05, 0.1) is 22.9 Å². The van der Waals surface area contributed by atoms with E-state index in [1.54, 1.807) is 30.1 Å². The standard InChI is InChI=1S/C29H27N5O4S/c1-4-38-28(35)27-31-33(25-12-8-9-13-26(25)34(36)37)29(39-27)19-18-24(22-16-14-21(15-17-22)20(2)3)30-32(29)23-10-6-5-7-11-23/h5-20H,4H2,1-3H3. The number of carbonyl (C=O) groups excluding carboxylic acids is 1. The lowest BCUT2D eigenvalue weighted by Crippen LogP contribution is -2.54. The second-order valence-corrected chi connectivity index (χ2v) is 10.4. The van der Waals surface area contributed by atoms with E-state index in [1.807, 2.05) is 54.6 Å². The number of para-hydroxylation sites is 3. The number of hydrogen-bond acceptors (Lipinski definition) is 9. The molecular formula is C29H27N5O4S. The van der Waals surface area contributed by atoms with Crippen molar-refractivity contribution in [3.8, 4) is 0 Å². The van der Waals surface area contributed by atoms with Crippen LogP contribution in [0.2, 0.25) is 0 Å². The van der Waals surface area contributed by atoms with Crippen molar-refractivity contribution in [1.82, 2.24) is 0 Å². The van der Waals surface area contributed by atoms with Crippen molar-refractivity contribution in [2.24, 2.45) is 10.2 Å². The van der Waals surface area contributed by atoms with Gasteiger partial charge in [0.2, 0.25) is 10.0 Å². The molecule has 0 bridgehead atoms. The van der Waals surface area contributed by atoms with E-state index in [0.717, 1.165) is 23.0 Å². The largest absolute Gasteiger partial charge is 0.461 e. The van der Waals surface area contributed by atoms with Gasteiger partial charge < -0.3 is 4.74 Å². The zero-order valence-electron chi connectivity index (χ0n) is 21.7. The molecule has 2 heterocycles. The number of carbonyl (C=O) groups is 1. The summed E-state index contributed by atoms with van der Waals surface area (Å²) < 4.78 is 5.25. The lowest BCUT2D eigenvalue weighted by atomic mass is 10.00. The number of nitrogens with zero attached hydrogens (tertiary/aromatic N) is 5. The molecule has 5 rings (SSSR count). The highest BCUT2D eigenvalue weighted by molar-refractivity contribution is 8.17. The minimum absolute atomic E-state index is 0.0699. The molecule has 2 aliphatic rings. The molecule has 0 aliphatic carbocycles. The summed E-state index contributed by atoms with van der Waals surface area (Å²) in [5.74, 6) is -0.209. The topological polar surface area (TPSA) is 101 Å². The van der Waals surface area contributed by atoms with Gasteiger partial charge in [-0.3, -0.25) is 10.1 Å². The van der Waals surface area contributed by atoms with Gasteiger partial charge in [0, 0.05) is 11.6 Å². The molecule has 0 radical (unpaired) electrons. The summed E-state index contributed by atoms with van der Waals surface area (Å²) in [6.07, 6.45) is 3.73. The molecule has 1 unspecified atom stereocenters. The number of esters is 1. The lowest BCUT2D eigenvalue weighted by Gasteiger charge is -2.43. The van der Waals surface area contributed by atoms with Crippen LogP contribution in [0.15, 0.2) is 101 Å². The van der Waals surface area contributed by atoms with Crippen molar-refractivity contribution in [2.75, 3.05) is 16.6 Å². The van der Waals surface area contributed by atoms with Crippen LogP contribution >= 0.6 is 11.8 Å². The normalized spacial score (nSPS) is 18.4. The molecule has 1 atom stereocenters. The maximum absolute atomic E-state index is 12.9. The van der Waals surface area contributed by atoms with Gasteiger partial charge in [-0.05, 0) is 60.5 Å². The SMILES string of the molecule is CCOC(=O)C1=NN(c2ccccc2[N+](=O)[O-])C2(C=CC(c3ccc(C(C)C)cc3)=NN2c2ccccc2)S1. The van der Waals surface area contributed by atoms with Gasteiger partial charge in [-0.1, -0.05) is 68.4 Å². The Labute approximate surface area is 230 Å². The monoisotopic (exact) mass is 541 g/mol. The zero-order valence-corrected chi connectivity index (χ0v) is 22.5. The van der Waals surface area contributed by atoms with E-state index in [9.17, 15) is 14.9 Å². The highest BCUT2D eigenvalue weighted by Crippen LogP contribution is 2.49. The summed E-state index contributed by atoms with van der Waals surface area (Å²) in [6.45, 7) is 6.17. The molecule has 3 aromatic carbocycles. The maximum Gasteiger partial charge on any atom is 0.365 e. The van der Waals surface area contributed by atoms with Crippen molar-refractivity contribution in [3.05, 3.63) is 112 Å². The highest BCUT2D eigenvalue weighted by Gasteiger charge is 2.53. The molecule has 2 aliphatic heterocycles. The fourth-order valence-corrected chi connectivity index (χ4v) is 5.52. The molecule has 198 valence electrons. The highest BCUT2D eigenvalue weighted by atomic mass is 32.2. The van der Waals surface area contributed by atoms with Crippen LogP contribution in [0.25, 0.3) is 0 Å². The third-order valence-corrected chi connectivity index (χ3v) is 7.57. The van der Waals surface area contributed by atoms with E-state index in [1.165, 1.54) is 16.6 Å². The summed E-state index contributed by atoms with van der Waals surface area (Å²) in [6, 6.07) is 24.0. The Hall–Kier alpha value is -4.44. The van der Waals surface area contributed by atoms with E-state index in [0.29, 0.717) is 11.6 Å². The van der Waals surface area contributed by atoms with Crippen LogP contribution in [0.1, 0.15) is 37.8 Å². The fraction of sp³-hybridized carbons (Fsp3) is 0.207. The maximum atomic E-state index is 12.9. The Bertz CT molecular complexity index is 1490. The van der Waals surface area contributed by atoms with Gasteiger partial charge in [-0.25, -0.2) is 14.8 Å². The van der Waals surface area contributed by atoms with Gasteiger partial charge in [-0.2, -0.15) is 10.2 Å². The fourth-order valence-electron chi connectivity index (χ4n) is 4.38. The molecule has 0 aromatic heterocycles. The van der Waals surface area contributed by atoms with Crippen LogP contribution in [0, 0.1) is 10.1 Å². The van der Waals surface area contributed by atoms with Gasteiger partial charge in [-0.15, -0.1) is 0 Å². The molecule has 39 heavy (non-hydrogen) atoms. The predicted octanol–water partition coefficient (Wildman–Crippen LogP) is 6.28. The van der Waals surface area contributed by atoms with Crippen LogP contribution < -0.4 is 10.0 Å². The summed E-state index contributed by atoms with van der Waals surface area (Å²) in [5.41, 5.74) is 3.63. The average Bonchev–Trinajstić information content (AvgIpc) is 3.33. The third-order valence-electron chi connectivity index (χ3n) is 6.34. The molecule has 9 nitrogen and oxygen atoms in total. The number of hydrogen-bond donors (Lipinski definition) is 0. The number of ether oxygens (including phenoxy) is 1. The number of anilines is 2. The van der Waals surface area contributed by atoms with Gasteiger partial charge in [0.15, 0.2) is 0 Å². The Kier molecular flexibility index (Phi) is 7.21. The van der Waals surface area contributed by atoms with Crippen molar-refractivity contribution >= 4 is 45.5 Å². The predicted molar refractivity (Wildman–Crippen MR) is 155 cm³/mol. The van der Waals surface area contributed by atoms with Gasteiger partial charge >= 0.3 is 5.97 Å². The van der Waals surface area contributed by atoms with Crippen LogP contribution in [-0.4, -0.2) is 33.2 Å². The van der Waals surface area contributed by atoms with Crippen LogP contribution in [-0.2, 0) is 9.53 Å². The summed E-state index contributed by atoms with van der Waals surface area (Å²) in [5, 5.41) is 24.9. The van der Waals surface area contributed by atoms with Gasteiger partial charge in [0.1, 0.15) is 5.69 Å². The second-order valence-electron chi connectivity index (χ2n) is 9.19. The Morgan fingerprint density at radius 2 is 1.69 bits per heavy atom. The van der Waals surface area contributed by atoms with Crippen molar-refractivity contribution in [1.29, 1.82) is 0 Å². The molecule has 1 spiro atoms. The van der Waals surface area contributed by atoms with Gasteiger partial charge in [0.25, 0.3) is 5.69 Å². The second kappa shape index (κ2) is 10.7. The Balaban J connectivity index is 1.67. The summed E-state index contributed by atoms with van der Waals surface area (Å²) >= 11 is 1.12. The molecule has 3 aromatic rings. The van der Waals surface area contributed by atoms with E-state index < -0.39 is 15.9 Å². The first-order valence-corrected chi connectivity index (χ1v) is 13.4. The number of hydrazone groups is 2. The zero-order chi connectivity index (χ0) is 27.6. The molecule has 0 saturated carbocycles. The number of allylic oxidation sites excluding steroid dienone is 1. The number of rotatable bonds is 7. The smallest absolute Gasteiger partial charge is 0.365 e. The summed E-state index contributed by atoms with van der Waals surface area (Å²) in [7, 11) is 0. The van der Waals surface area contributed by atoms with Crippen molar-refractivity contribution < 1.29 is 14.5 Å². The molecular weight excluding hydrogens is 514 g/mol. The van der Waals surface area contributed by atoms with E-state index in [2.05, 4.69) is 31.1 Å². The number of benzene rings is 3. The van der Waals surface area contributed by atoms with Crippen molar-refractivity contribution in [2.45, 2.75) is 31.7 Å². The minimum atomic E-state index is -1.25. The van der Waals surface area contributed by atoms with Crippen LogP contribution in [0.4, 0.5) is 17.1 Å². The average molecular weight is 542 g/mol. The number of nitro benzene ring substituents is 1. The Morgan fingerprint density at radius 1 is 1.00 bits per heavy atom. The first-order valence-electron chi connectivity index (χ1n) is 12.6. The molecule has 0 saturated heterocycles.